The normalized spacial score (nSPS) is 11.3. The second-order valence-electron chi connectivity index (χ2n) is 7.26. The van der Waals surface area contributed by atoms with Crippen molar-refractivity contribution in [3.8, 4) is 0 Å². The van der Waals surface area contributed by atoms with Gasteiger partial charge in [-0.3, -0.25) is 9.10 Å². The van der Waals surface area contributed by atoms with E-state index in [2.05, 4.69) is 19.2 Å². The molecule has 0 saturated heterocycles. The third-order valence-electron chi connectivity index (χ3n) is 4.87. The zero-order chi connectivity index (χ0) is 21.7. The van der Waals surface area contributed by atoms with Crippen LogP contribution in [0, 0.1) is 0 Å². The predicted octanol–water partition coefficient (Wildman–Crippen LogP) is 5.28. The topological polar surface area (TPSA) is 66.5 Å². The van der Waals surface area contributed by atoms with Crippen molar-refractivity contribution < 1.29 is 13.2 Å². The largest absolute Gasteiger partial charge is 0.322 e. The van der Waals surface area contributed by atoms with Crippen molar-refractivity contribution in [1.29, 1.82) is 0 Å². The summed E-state index contributed by atoms with van der Waals surface area (Å²) in [5.74, 6) is 0.163. The number of carbonyl (C=O) groups excluding carboxylic acids is 1. The first kappa shape index (κ1) is 21.6. The first-order valence-corrected chi connectivity index (χ1v) is 11.4. The molecule has 0 bridgehead atoms. The number of benzene rings is 3. The van der Waals surface area contributed by atoms with E-state index < -0.39 is 10.0 Å². The van der Waals surface area contributed by atoms with E-state index in [0.29, 0.717) is 29.4 Å². The molecule has 5 nitrogen and oxygen atoms in total. The van der Waals surface area contributed by atoms with Crippen LogP contribution in [0.15, 0.2) is 83.8 Å². The molecule has 3 aromatic carbocycles. The highest BCUT2D eigenvalue weighted by atomic mass is 32.2. The quantitative estimate of drug-likeness (QED) is 0.563. The van der Waals surface area contributed by atoms with Crippen LogP contribution in [-0.4, -0.2) is 20.9 Å². The number of para-hydroxylation sites is 1. The summed E-state index contributed by atoms with van der Waals surface area (Å²) < 4.78 is 27.4. The zero-order valence-electron chi connectivity index (χ0n) is 17.4. The van der Waals surface area contributed by atoms with Gasteiger partial charge in [0.2, 0.25) is 0 Å². The number of carbonyl (C=O) groups is 1. The highest BCUT2D eigenvalue weighted by Gasteiger charge is 2.23. The molecule has 156 valence electrons. The lowest BCUT2D eigenvalue weighted by Gasteiger charge is -2.23. The number of anilines is 2. The van der Waals surface area contributed by atoms with Gasteiger partial charge in [-0.25, -0.2) is 8.42 Å². The first-order chi connectivity index (χ1) is 14.3. The van der Waals surface area contributed by atoms with E-state index in [1.807, 2.05) is 18.2 Å². The van der Waals surface area contributed by atoms with E-state index in [4.69, 9.17) is 0 Å². The summed E-state index contributed by atoms with van der Waals surface area (Å²) in [6.07, 6.45) is 0. The molecule has 1 N–H and O–H groups in total. The minimum Gasteiger partial charge on any atom is -0.322 e. The fourth-order valence-electron chi connectivity index (χ4n) is 3.15. The molecule has 0 saturated carbocycles. The fourth-order valence-corrected chi connectivity index (χ4v) is 4.62. The van der Waals surface area contributed by atoms with Gasteiger partial charge in [-0.05, 0) is 66.9 Å². The molecule has 0 unspecified atom stereocenters. The van der Waals surface area contributed by atoms with Crippen molar-refractivity contribution in [3.05, 3.63) is 90.0 Å². The summed E-state index contributed by atoms with van der Waals surface area (Å²) in [4.78, 5) is 12.7. The Morgan fingerprint density at radius 1 is 0.900 bits per heavy atom. The first-order valence-electron chi connectivity index (χ1n) is 9.92. The molecule has 0 aromatic heterocycles. The number of hydrogen-bond acceptors (Lipinski definition) is 3. The van der Waals surface area contributed by atoms with Gasteiger partial charge in [0.05, 0.1) is 10.6 Å². The van der Waals surface area contributed by atoms with Gasteiger partial charge in [-0.15, -0.1) is 0 Å². The highest BCUT2D eigenvalue weighted by Crippen LogP contribution is 2.24. The molecule has 3 rings (SSSR count). The molecule has 3 aromatic rings. The molecular formula is C24H26N2O3S. The fraction of sp³-hybridized carbons (Fsp3) is 0.208. The third-order valence-corrected chi connectivity index (χ3v) is 6.79. The standard InChI is InChI=1S/C24H26N2O3S/c1-4-26(22-8-6-5-7-9-22)30(28,29)23-16-14-21(15-17-23)25-24(27)20-12-10-19(11-13-20)18(2)3/h5-18H,4H2,1-3H3,(H,25,27). The molecule has 0 radical (unpaired) electrons. The lowest BCUT2D eigenvalue weighted by molar-refractivity contribution is 0.102. The molecule has 0 aliphatic rings. The Hall–Kier alpha value is -3.12. The van der Waals surface area contributed by atoms with Crippen LogP contribution in [0.2, 0.25) is 0 Å². The van der Waals surface area contributed by atoms with Crippen molar-refractivity contribution in [2.45, 2.75) is 31.6 Å². The Kier molecular flexibility index (Phi) is 6.57. The average molecular weight is 423 g/mol. The molecule has 1 amide bonds. The van der Waals surface area contributed by atoms with Crippen molar-refractivity contribution in [1.82, 2.24) is 0 Å². The Bertz CT molecular complexity index is 1090. The number of sulfonamides is 1. The molecule has 0 atom stereocenters. The van der Waals surface area contributed by atoms with E-state index >= 15 is 0 Å². The van der Waals surface area contributed by atoms with Crippen molar-refractivity contribution in [2.75, 3.05) is 16.2 Å². The summed E-state index contributed by atoms with van der Waals surface area (Å²) in [7, 11) is -3.69. The lowest BCUT2D eigenvalue weighted by atomic mass is 10.0. The Balaban J connectivity index is 1.76. The number of nitrogens with zero attached hydrogens (tertiary/aromatic N) is 1. The van der Waals surface area contributed by atoms with Crippen LogP contribution in [0.25, 0.3) is 0 Å². The summed E-state index contributed by atoms with van der Waals surface area (Å²) in [6, 6.07) is 22.7. The van der Waals surface area contributed by atoms with Crippen LogP contribution in [0.5, 0.6) is 0 Å². The highest BCUT2D eigenvalue weighted by molar-refractivity contribution is 7.92. The molecular weight excluding hydrogens is 396 g/mol. The van der Waals surface area contributed by atoms with Gasteiger partial charge in [0.25, 0.3) is 15.9 Å². The number of nitrogens with one attached hydrogen (secondary N) is 1. The smallest absolute Gasteiger partial charge is 0.264 e. The third kappa shape index (κ3) is 4.71. The maximum Gasteiger partial charge on any atom is 0.264 e. The summed E-state index contributed by atoms with van der Waals surface area (Å²) in [5.41, 5.74) is 2.87. The van der Waals surface area contributed by atoms with Gasteiger partial charge in [0, 0.05) is 17.8 Å². The molecule has 30 heavy (non-hydrogen) atoms. The molecule has 0 spiro atoms. The van der Waals surface area contributed by atoms with Gasteiger partial charge in [0.15, 0.2) is 0 Å². The second kappa shape index (κ2) is 9.13. The average Bonchev–Trinajstić information content (AvgIpc) is 2.75. The van der Waals surface area contributed by atoms with Crippen LogP contribution in [-0.2, 0) is 10.0 Å². The van der Waals surface area contributed by atoms with Crippen LogP contribution >= 0.6 is 0 Å². The molecule has 6 heteroatoms. The SMILES string of the molecule is CCN(c1ccccc1)S(=O)(=O)c1ccc(NC(=O)c2ccc(C(C)C)cc2)cc1. The van der Waals surface area contributed by atoms with Crippen molar-refractivity contribution in [3.63, 3.8) is 0 Å². The summed E-state index contributed by atoms with van der Waals surface area (Å²) >= 11 is 0. The van der Waals surface area contributed by atoms with Crippen molar-refractivity contribution >= 4 is 27.3 Å². The van der Waals surface area contributed by atoms with E-state index in [1.165, 1.54) is 22.0 Å². The van der Waals surface area contributed by atoms with Gasteiger partial charge in [0.1, 0.15) is 0 Å². The van der Waals surface area contributed by atoms with Crippen LogP contribution in [0.3, 0.4) is 0 Å². The predicted molar refractivity (Wildman–Crippen MR) is 122 cm³/mol. The molecule has 0 heterocycles. The van der Waals surface area contributed by atoms with E-state index in [1.54, 1.807) is 55.5 Å². The Morgan fingerprint density at radius 3 is 2.03 bits per heavy atom. The summed E-state index contributed by atoms with van der Waals surface area (Å²) in [5, 5.41) is 2.81. The van der Waals surface area contributed by atoms with Crippen molar-refractivity contribution in [2.24, 2.45) is 0 Å². The van der Waals surface area contributed by atoms with Gasteiger partial charge in [-0.1, -0.05) is 44.2 Å². The number of amides is 1. The van der Waals surface area contributed by atoms with Crippen LogP contribution in [0.4, 0.5) is 11.4 Å². The monoisotopic (exact) mass is 422 g/mol. The molecule has 0 fully saturated rings. The second-order valence-corrected chi connectivity index (χ2v) is 9.12. The number of hydrogen-bond donors (Lipinski definition) is 1. The Labute approximate surface area is 178 Å². The van der Waals surface area contributed by atoms with E-state index in [9.17, 15) is 13.2 Å². The van der Waals surface area contributed by atoms with E-state index in [0.717, 1.165) is 0 Å². The minimum atomic E-state index is -3.69. The maximum atomic E-state index is 13.0. The minimum absolute atomic E-state index is 0.174. The van der Waals surface area contributed by atoms with Crippen LogP contribution < -0.4 is 9.62 Å². The van der Waals surface area contributed by atoms with Crippen LogP contribution in [0.1, 0.15) is 42.6 Å². The molecule has 0 aliphatic carbocycles. The number of rotatable bonds is 7. The van der Waals surface area contributed by atoms with Gasteiger partial charge in [-0.2, -0.15) is 0 Å². The van der Waals surface area contributed by atoms with E-state index in [-0.39, 0.29) is 10.8 Å². The molecule has 0 aliphatic heterocycles. The summed E-state index contributed by atoms with van der Waals surface area (Å²) in [6.45, 7) is 6.31. The van der Waals surface area contributed by atoms with Gasteiger partial charge >= 0.3 is 0 Å². The maximum absolute atomic E-state index is 13.0. The van der Waals surface area contributed by atoms with Gasteiger partial charge < -0.3 is 5.32 Å². The lowest BCUT2D eigenvalue weighted by Crippen LogP contribution is -2.30. The zero-order valence-corrected chi connectivity index (χ0v) is 18.2. The Morgan fingerprint density at radius 2 is 1.50 bits per heavy atom.